The predicted molar refractivity (Wildman–Crippen MR) is 88.7 cm³/mol. The molecule has 1 aromatic carbocycles. The summed E-state index contributed by atoms with van der Waals surface area (Å²) >= 11 is 1.53. The Kier molecular flexibility index (Phi) is 5.09. The molecule has 1 fully saturated rings. The molecule has 0 aliphatic carbocycles. The second-order valence-corrected chi connectivity index (χ2v) is 6.19. The zero-order chi connectivity index (χ0) is 16.1. The topological polar surface area (TPSA) is 74.7 Å². The van der Waals surface area contributed by atoms with Gasteiger partial charge in [0.25, 0.3) is 0 Å². The van der Waals surface area contributed by atoms with E-state index in [1.807, 2.05) is 23.6 Å². The Morgan fingerprint density at radius 1 is 1.52 bits per heavy atom. The van der Waals surface area contributed by atoms with Crippen molar-refractivity contribution in [2.45, 2.75) is 25.6 Å². The van der Waals surface area contributed by atoms with E-state index in [2.05, 4.69) is 10.3 Å². The number of urea groups is 1. The van der Waals surface area contributed by atoms with Gasteiger partial charge in [-0.3, -0.25) is 0 Å². The number of carbonyl (C=O) groups excluding carboxylic acids is 1. The molecule has 1 aliphatic heterocycles. The van der Waals surface area contributed by atoms with Crippen LogP contribution < -0.4 is 10.1 Å². The second-order valence-electron chi connectivity index (χ2n) is 5.47. The van der Waals surface area contributed by atoms with Crippen molar-refractivity contribution in [1.82, 2.24) is 9.88 Å². The summed E-state index contributed by atoms with van der Waals surface area (Å²) in [5.41, 5.74) is 3.32. The van der Waals surface area contributed by atoms with Gasteiger partial charge in [0, 0.05) is 30.2 Å². The first-order valence-corrected chi connectivity index (χ1v) is 8.49. The smallest absolute Gasteiger partial charge is 0.321 e. The van der Waals surface area contributed by atoms with Gasteiger partial charge in [0.15, 0.2) is 0 Å². The van der Waals surface area contributed by atoms with Crippen LogP contribution in [0.15, 0.2) is 35.2 Å². The first-order chi connectivity index (χ1) is 11.2. The minimum atomic E-state index is -0.428. The maximum absolute atomic E-state index is 12.2. The summed E-state index contributed by atoms with van der Waals surface area (Å²) in [5.74, 6) is 0.675. The molecule has 3 rings (SSSR count). The quantitative estimate of drug-likeness (QED) is 0.902. The lowest BCUT2D eigenvalue weighted by Gasteiger charge is -2.30. The maximum Gasteiger partial charge on any atom is 0.321 e. The molecule has 1 saturated heterocycles. The number of nitrogens with zero attached hydrogens (tertiary/aromatic N) is 2. The molecule has 0 spiro atoms. The minimum Gasteiger partial charge on any atom is -0.487 e. The number of thiazole rings is 1. The summed E-state index contributed by atoms with van der Waals surface area (Å²) in [7, 11) is 0. The summed E-state index contributed by atoms with van der Waals surface area (Å²) in [6.07, 6.45) is 1.15. The minimum absolute atomic E-state index is 0.194. The third-order valence-electron chi connectivity index (χ3n) is 3.64. The largest absolute Gasteiger partial charge is 0.487 e. The lowest BCUT2D eigenvalue weighted by Crippen LogP contribution is -2.44. The summed E-state index contributed by atoms with van der Waals surface area (Å²) in [6, 6.07) is 7.07. The van der Waals surface area contributed by atoms with Crippen molar-refractivity contribution in [3.8, 4) is 5.75 Å². The second kappa shape index (κ2) is 7.43. The number of carbonyl (C=O) groups is 1. The van der Waals surface area contributed by atoms with Crippen LogP contribution in [-0.2, 0) is 6.61 Å². The molecular weight excluding hydrogens is 314 g/mol. The number of ether oxygens (including phenoxy) is 1. The highest BCUT2D eigenvalue weighted by atomic mass is 32.1. The normalized spacial score (nSPS) is 17.8. The van der Waals surface area contributed by atoms with E-state index in [-0.39, 0.29) is 6.03 Å². The van der Waals surface area contributed by atoms with Crippen LogP contribution in [-0.4, -0.2) is 40.2 Å². The molecule has 1 aromatic heterocycles. The van der Waals surface area contributed by atoms with Crippen molar-refractivity contribution in [1.29, 1.82) is 0 Å². The molecule has 0 bridgehead atoms. The zero-order valence-corrected chi connectivity index (χ0v) is 13.5. The lowest BCUT2D eigenvalue weighted by atomic mass is 10.1. The third-order valence-corrected chi connectivity index (χ3v) is 4.27. The van der Waals surface area contributed by atoms with Crippen LogP contribution in [0.1, 0.15) is 18.5 Å². The highest BCUT2D eigenvalue weighted by Crippen LogP contribution is 2.20. The van der Waals surface area contributed by atoms with E-state index >= 15 is 0 Å². The summed E-state index contributed by atoms with van der Waals surface area (Å²) in [4.78, 5) is 18.0. The number of likely N-dealkylation sites (tertiary alicyclic amines) is 1. The van der Waals surface area contributed by atoms with Crippen LogP contribution in [0.3, 0.4) is 0 Å². The fourth-order valence-electron chi connectivity index (χ4n) is 2.47. The Bertz CT molecular complexity index is 648. The van der Waals surface area contributed by atoms with Crippen molar-refractivity contribution in [3.63, 3.8) is 0 Å². The van der Waals surface area contributed by atoms with Crippen LogP contribution in [0.4, 0.5) is 10.5 Å². The molecule has 7 heteroatoms. The number of aromatic nitrogens is 1. The number of β-amino-alcohol motifs (C(OH)–C–C–N with tert-alkyl or cyclic N) is 1. The molecular formula is C16H19N3O3S. The molecule has 2 N–H and O–H groups in total. The molecule has 1 unspecified atom stereocenters. The van der Waals surface area contributed by atoms with Crippen LogP contribution in [0, 0.1) is 0 Å². The van der Waals surface area contributed by atoms with Crippen molar-refractivity contribution < 1.29 is 14.6 Å². The first kappa shape index (κ1) is 15.8. The molecule has 2 aromatic rings. The fraction of sp³-hybridized carbons (Fsp3) is 0.375. The number of hydrogen-bond acceptors (Lipinski definition) is 5. The maximum atomic E-state index is 12.2. The number of rotatable bonds is 4. The third kappa shape index (κ3) is 4.43. The number of piperidine rings is 1. The van der Waals surface area contributed by atoms with Gasteiger partial charge in [0.1, 0.15) is 12.4 Å². The van der Waals surface area contributed by atoms with Crippen molar-refractivity contribution in [3.05, 3.63) is 40.8 Å². The lowest BCUT2D eigenvalue weighted by molar-refractivity contribution is 0.0883. The monoisotopic (exact) mass is 333 g/mol. The number of amides is 2. The molecule has 0 radical (unpaired) electrons. The SMILES string of the molecule is O=C(Nc1cccc(OCc2cscn2)c1)N1CCCC(O)C1. The molecule has 0 saturated carbocycles. The highest BCUT2D eigenvalue weighted by Gasteiger charge is 2.22. The van der Waals surface area contributed by atoms with E-state index in [1.54, 1.807) is 16.5 Å². The van der Waals surface area contributed by atoms with Gasteiger partial charge in [-0.2, -0.15) is 0 Å². The number of hydrogen-bond donors (Lipinski definition) is 2. The summed E-state index contributed by atoms with van der Waals surface area (Å²) in [5, 5.41) is 14.4. The van der Waals surface area contributed by atoms with E-state index in [0.717, 1.165) is 18.5 Å². The number of anilines is 1. The van der Waals surface area contributed by atoms with Crippen LogP contribution in [0.2, 0.25) is 0 Å². The van der Waals surface area contributed by atoms with Crippen molar-refractivity contribution >= 4 is 23.1 Å². The summed E-state index contributed by atoms with van der Waals surface area (Å²) in [6.45, 7) is 1.45. The van der Waals surface area contributed by atoms with Gasteiger partial charge < -0.3 is 20.1 Å². The fourth-order valence-corrected chi connectivity index (χ4v) is 3.01. The van der Waals surface area contributed by atoms with Gasteiger partial charge in [-0.25, -0.2) is 9.78 Å². The van der Waals surface area contributed by atoms with E-state index in [9.17, 15) is 9.90 Å². The number of nitrogens with one attached hydrogen (secondary N) is 1. The Morgan fingerprint density at radius 3 is 3.22 bits per heavy atom. The zero-order valence-electron chi connectivity index (χ0n) is 12.6. The number of aliphatic hydroxyl groups is 1. The molecule has 2 heterocycles. The van der Waals surface area contributed by atoms with Gasteiger partial charge in [-0.1, -0.05) is 6.07 Å². The van der Waals surface area contributed by atoms with Crippen LogP contribution >= 0.6 is 11.3 Å². The Labute approximate surface area is 138 Å². The molecule has 23 heavy (non-hydrogen) atoms. The highest BCUT2D eigenvalue weighted by molar-refractivity contribution is 7.07. The van der Waals surface area contributed by atoms with Gasteiger partial charge in [-0.05, 0) is 25.0 Å². The van der Waals surface area contributed by atoms with Crippen LogP contribution in [0.5, 0.6) is 5.75 Å². The Balaban J connectivity index is 1.57. The standard InChI is InChI=1S/C16H19N3O3S/c20-14-4-2-6-19(8-14)16(21)18-12-3-1-5-15(7-12)22-9-13-10-23-11-17-13/h1,3,5,7,10-11,14,20H,2,4,6,8-9H2,(H,18,21). The molecule has 1 atom stereocenters. The van der Waals surface area contributed by atoms with Gasteiger partial charge in [0.2, 0.25) is 0 Å². The Hall–Kier alpha value is -2.12. The van der Waals surface area contributed by atoms with E-state index in [1.165, 1.54) is 11.3 Å². The van der Waals surface area contributed by atoms with E-state index in [4.69, 9.17) is 4.74 Å². The summed E-state index contributed by atoms with van der Waals surface area (Å²) < 4.78 is 5.67. The average molecular weight is 333 g/mol. The van der Waals surface area contributed by atoms with Crippen molar-refractivity contribution in [2.24, 2.45) is 0 Å². The predicted octanol–water partition coefficient (Wildman–Crippen LogP) is 2.71. The van der Waals surface area contributed by atoms with Gasteiger partial charge in [0.05, 0.1) is 17.3 Å². The molecule has 2 amide bonds. The van der Waals surface area contributed by atoms with E-state index in [0.29, 0.717) is 31.1 Å². The molecule has 6 nitrogen and oxygen atoms in total. The van der Waals surface area contributed by atoms with Gasteiger partial charge >= 0.3 is 6.03 Å². The van der Waals surface area contributed by atoms with Gasteiger partial charge in [-0.15, -0.1) is 11.3 Å². The molecule has 1 aliphatic rings. The van der Waals surface area contributed by atoms with Crippen LogP contribution in [0.25, 0.3) is 0 Å². The molecule has 122 valence electrons. The van der Waals surface area contributed by atoms with E-state index < -0.39 is 6.10 Å². The Morgan fingerprint density at radius 2 is 2.43 bits per heavy atom. The average Bonchev–Trinajstić information content (AvgIpc) is 3.07. The first-order valence-electron chi connectivity index (χ1n) is 7.54. The van der Waals surface area contributed by atoms with Crippen molar-refractivity contribution in [2.75, 3.05) is 18.4 Å². The number of aliphatic hydroxyl groups excluding tert-OH is 1. The number of benzene rings is 1.